The lowest BCUT2D eigenvalue weighted by molar-refractivity contribution is 0.0706. The molecule has 0 spiro atoms. The quantitative estimate of drug-likeness (QED) is 0.466. The summed E-state index contributed by atoms with van der Waals surface area (Å²) < 4.78 is 0. The molecule has 0 bridgehead atoms. The largest absolute Gasteiger partial charge is 0.362 e. The van der Waals surface area contributed by atoms with Crippen LogP contribution in [0.5, 0.6) is 0 Å². The first-order chi connectivity index (χ1) is 13.0. The standard InChI is InChI=1S/C21H26N4O2/c1-15(22)8-10-23-20-6-2-16(3-7-20)13-25-11-9-17-12-18(21(26)24-27)4-5-19(17)14-25/h2-8,10,12,15,23,27H,9,11,13-14,22H2,1H3,(H,24,26). The number of nitrogens with two attached hydrogens (primary N) is 1. The molecule has 2 aromatic carbocycles. The van der Waals surface area contributed by atoms with Crippen molar-refractivity contribution >= 4 is 11.6 Å². The molecule has 142 valence electrons. The third-order valence-corrected chi connectivity index (χ3v) is 4.67. The van der Waals surface area contributed by atoms with E-state index in [-0.39, 0.29) is 6.04 Å². The molecule has 0 aliphatic carbocycles. The third kappa shape index (κ3) is 5.17. The number of fused-ring (bicyclic) bond motifs is 1. The highest BCUT2D eigenvalue weighted by molar-refractivity contribution is 5.93. The Labute approximate surface area is 159 Å². The van der Waals surface area contributed by atoms with Crippen molar-refractivity contribution in [3.05, 3.63) is 77.0 Å². The highest BCUT2D eigenvalue weighted by atomic mass is 16.5. The average Bonchev–Trinajstić information content (AvgIpc) is 2.68. The van der Waals surface area contributed by atoms with Crippen LogP contribution in [0.25, 0.3) is 0 Å². The Morgan fingerprint density at radius 3 is 2.74 bits per heavy atom. The topological polar surface area (TPSA) is 90.6 Å². The Hall–Kier alpha value is -2.67. The fourth-order valence-corrected chi connectivity index (χ4v) is 3.21. The first-order valence-electron chi connectivity index (χ1n) is 9.11. The summed E-state index contributed by atoms with van der Waals surface area (Å²) in [4.78, 5) is 13.9. The molecule has 1 unspecified atom stereocenters. The van der Waals surface area contributed by atoms with Crippen LogP contribution in [-0.2, 0) is 19.5 Å². The van der Waals surface area contributed by atoms with E-state index < -0.39 is 5.91 Å². The van der Waals surface area contributed by atoms with Crippen LogP contribution in [0.1, 0.15) is 34.0 Å². The predicted molar refractivity (Wildman–Crippen MR) is 106 cm³/mol. The van der Waals surface area contributed by atoms with E-state index in [1.807, 2.05) is 31.3 Å². The highest BCUT2D eigenvalue weighted by Gasteiger charge is 2.18. The summed E-state index contributed by atoms with van der Waals surface area (Å²) in [6, 6.07) is 14.0. The number of anilines is 1. The van der Waals surface area contributed by atoms with Crippen molar-refractivity contribution in [1.29, 1.82) is 0 Å². The van der Waals surface area contributed by atoms with Crippen molar-refractivity contribution in [2.45, 2.75) is 32.5 Å². The van der Waals surface area contributed by atoms with Gasteiger partial charge in [0.2, 0.25) is 0 Å². The van der Waals surface area contributed by atoms with Crippen LogP contribution in [0.15, 0.2) is 54.7 Å². The molecule has 6 nitrogen and oxygen atoms in total. The molecule has 2 aromatic rings. The van der Waals surface area contributed by atoms with Crippen molar-refractivity contribution in [3.8, 4) is 0 Å². The molecule has 1 aliphatic heterocycles. The van der Waals surface area contributed by atoms with Crippen LogP contribution < -0.4 is 16.5 Å². The number of hydroxylamine groups is 1. The van der Waals surface area contributed by atoms with Gasteiger partial charge in [0.05, 0.1) is 0 Å². The van der Waals surface area contributed by atoms with Gasteiger partial charge in [-0.05, 0) is 60.5 Å². The minimum atomic E-state index is -0.468. The molecule has 1 atom stereocenters. The van der Waals surface area contributed by atoms with E-state index in [0.717, 1.165) is 31.7 Å². The number of nitrogens with one attached hydrogen (secondary N) is 2. The van der Waals surface area contributed by atoms with Crippen molar-refractivity contribution in [3.63, 3.8) is 0 Å². The number of hydrogen-bond donors (Lipinski definition) is 4. The zero-order valence-corrected chi connectivity index (χ0v) is 15.5. The second-order valence-electron chi connectivity index (χ2n) is 6.94. The molecule has 1 aliphatic rings. The van der Waals surface area contributed by atoms with Gasteiger partial charge < -0.3 is 11.1 Å². The second-order valence-corrected chi connectivity index (χ2v) is 6.94. The number of benzene rings is 2. The summed E-state index contributed by atoms with van der Waals surface area (Å²) in [5, 5.41) is 12.0. The van der Waals surface area contributed by atoms with E-state index in [9.17, 15) is 4.79 Å². The summed E-state index contributed by atoms with van der Waals surface area (Å²) in [7, 11) is 0. The summed E-state index contributed by atoms with van der Waals surface area (Å²) in [5.41, 5.74) is 12.6. The second kappa shape index (κ2) is 8.81. The minimum absolute atomic E-state index is 0.0351. The summed E-state index contributed by atoms with van der Waals surface area (Å²) in [6.07, 6.45) is 4.67. The Morgan fingerprint density at radius 1 is 1.26 bits per heavy atom. The fourth-order valence-electron chi connectivity index (χ4n) is 3.21. The van der Waals surface area contributed by atoms with Gasteiger partial charge in [-0.25, -0.2) is 5.48 Å². The van der Waals surface area contributed by atoms with Crippen molar-refractivity contribution in [2.75, 3.05) is 11.9 Å². The number of rotatable bonds is 6. The van der Waals surface area contributed by atoms with Gasteiger partial charge in [-0.1, -0.05) is 24.3 Å². The average molecular weight is 366 g/mol. The molecule has 27 heavy (non-hydrogen) atoms. The monoisotopic (exact) mass is 366 g/mol. The zero-order valence-electron chi connectivity index (χ0n) is 15.5. The molecule has 1 amide bonds. The first kappa shape index (κ1) is 19.1. The summed E-state index contributed by atoms with van der Waals surface area (Å²) in [5.74, 6) is -0.468. The molecule has 1 heterocycles. The maximum Gasteiger partial charge on any atom is 0.274 e. The summed E-state index contributed by atoms with van der Waals surface area (Å²) in [6.45, 7) is 4.61. The van der Waals surface area contributed by atoms with Gasteiger partial charge in [-0.3, -0.25) is 14.9 Å². The lowest BCUT2D eigenvalue weighted by atomic mass is 9.96. The van der Waals surface area contributed by atoms with Gasteiger partial charge in [0, 0.05) is 36.9 Å². The number of hydrogen-bond acceptors (Lipinski definition) is 5. The van der Waals surface area contributed by atoms with Gasteiger partial charge in [-0.2, -0.15) is 0 Å². The summed E-state index contributed by atoms with van der Waals surface area (Å²) >= 11 is 0. The van der Waals surface area contributed by atoms with Crippen molar-refractivity contribution in [2.24, 2.45) is 5.73 Å². The normalized spacial score (nSPS) is 15.4. The number of carbonyl (C=O) groups excluding carboxylic acids is 1. The van der Waals surface area contributed by atoms with Gasteiger partial charge in [-0.15, -0.1) is 0 Å². The highest BCUT2D eigenvalue weighted by Crippen LogP contribution is 2.22. The molecule has 0 fully saturated rings. The van der Waals surface area contributed by atoms with Crippen LogP contribution in [0.4, 0.5) is 5.69 Å². The van der Waals surface area contributed by atoms with E-state index in [2.05, 4.69) is 34.5 Å². The lowest BCUT2D eigenvalue weighted by Crippen LogP contribution is -2.30. The molecule has 0 saturated carbocycles. The maximum atomic E-state index is 11.5. The molecule has 6 heteroatoms. The van der Waals surface area contributed by atoms with Crippen LogP contribution in [0.2, 0.25) is 0 Å². The van der Waals surface area contributed by atoms with E-state index >= 15 is 0 Å². The minimum Gasteiger partial charge on any atom is -0.362 e. The van der Waals surface area contributed by atoms with Gasteiger partial charge >= 0.3 is 0 Å². The number of carbonyl (C=O) groups is 1. The molecule has 0 radical (unpaired) electrons. The molecular weight excluding hydrogens is 340 g/mol. The molecule has 0 saturated heterocycles. The zero-order chi connectivity index (χ0) is 19.2. The Kier molecular flexibility index (Phi) is 6.24. The fraction of sp³-hybridized carbons (Fsp3) is 0.286. The number of nitrogens with zero attached hydrogens (tertiary/aromatic N) is 1. The van der Waals surface area contributed by atoms with E-state index in [1.54, 1.807) is 11.5 Å². The smallest absolute Gasteiger partial charge is 0.274 e. The number of amides is 1. The SMILES string of the molecule is CC(N)C=CNc1ccc(CN2CCc3cc(C(=O)NO)ccc3C2)cc1. The van der Waals surface area contributed by atoms with Crippen molar-refractivity contribution < 1.29 is 10.0 Å². The Bertz CT molecular complexity index is 815. The lowest BCUT2D eigenvalue weighted by Gasteiger charge is -2.29. The van der Waals surface area contributed by atoms with Crippen LogP contribution in [-0.4, -0.2) is 28.6 Å². The molecular formula is C21H26N4O2. The predicted octanol–water partition coefficient (Wildman–Crippen LogP) is 2.64. The van der Waals surface area contributed by atoms with Crippen LogP contribution in [0, 0.1) is 0 Å². The Morgan fingerprint density at radius 2 is 2.04 bits per heavy atom. The van der Waals surface area contributed by atoms with E-state index in [0.29, 0.717) is 5.56 Å². The van der Waals surface area contributed by atoms with Gasteiger partial charge in [0.25, 0.3) is 5.91 Å². The first-order valence-corrected chi connectivity index (χ1v) is 9.11. The van der Waals surface area contributed by atoms with Crippen LogP contribution in [0.3, 0.4) is 0 Å². The maximum absolute atomic E-state index is 11.5. The van der Waals surface area contributed by atoms with E-state index in [4.69, 9.17) is 10.9 Å². The molecule has 0 aromatic heterocycles. The molecule has 5 N–H and O–H groups in total. The van der Waals surface area contributed by atoms with E-state index in [1.165, 1.54) is 16.7 Å². The third-order valence-electron chi connectivity index (χ3n) is 4.67. The molecule has 3 rings (SSSR count). The van der Waals surface area contributed by atoms with Gasteiger partial charge in [0.1, 0.15) is 0 Å². The van der Waals surface area contributed by atoms with Crippen molar-refractivity contribution in [1.82, 2.24) is 10.4 Å². The van der Waals surface area contributed by atoms with Crippen LogP contribution >= 0.6 is 0 Å². The van der Waals surface area contributed by atoms with Gasteiger partial charge in [0.15, 0.2) is 0 Å². The Balaban J connectivity index is 1.59.